The molecular formula is C50H63NO15S. The zero-order valence-corrected chi connectivity index (χ0v) is 39.2. The molecule has 16 nitrogen and oxygen atoms in total. The number of rotatable bonds is 2. The molecule has 17 heteroatoms. The fourth-order valence-corrected chi connectivity index (χ4v) is 8.39. The standard InChI is InChI=1S/C50H63NO15S/c1-67(53,54)51-50(52)45-35-43-29-39-25-37-27-41-3-2-4-42-28-38-26-40(30-44(36-45)49(43)66-24-20-62-16-12-58-8-7-57-11-15-61-19-23-65-48(41)42)34-47(32-38)64-22-18-60-14-10-56-6-5-55-9-13-59-17-21-63-46(31-37)33-39/h2-4,25-26,31-36H,5-24,27-30H2,1H3,(H,51,52). The van der Waals surface area contributed by atoms with Crippen LogP contribution in [0.25, 0.3) is 0 Å². The average Bonchev–Trinajstić information content (AvgIpc) is 3.28. The average molecular weight is 950 g/mol. The second-order valence-corrected chi connectivity index (χ2v) is 18.0. The molecule has 1 N–H and O–H groups in total. The summed E-state index contributed by atoms with van der Waals surface area (Å²) in [6, 6.07) is 21.8. The highest BCUT2D eigenvalue weighted by Crippen LogP contribution is 2.36. The predicted molar refractivity (Wildman–Crippen MR) is 248 cm³/mol. The molecule has 12 bridgehead atoms. The molecule has 0 saturated carbocycles. The second-order valence-electron chi connectivity index (χ2n) is 16.2. The van der Waals surface area contributed by atoms with Crippen LogP contribution in [0.4, 0.5) is 0 Å². The number of ether oxygens (including phenoxy) is 12. The molecule has 0 radical (unpaired) electrons. The van der Waals surface area contributed by atoms with E-state index in [0.717, 1.165) is 45.4 Å². The van der Waals surface area contributed by atoms with E-state index in [1.165, 1.54) is 0 Å². The molecule has 0 spiro atoms. The molecule has 0 unspecified atom stereocenters. The molecule has 0 saturated heterocycles. The van der Waals surface area contributed by atoms with Crippen LogP contribution in [0.5, 0.6) is 23.0 Å². The van der Waals surface area contributed by atoms with Crippen molar-refractivity contribution in [3.63, 3.8) is 0 Å². The second kappa shape index (κ2) is 26.7. The Kier molecular flexibility index (Phi) is 19.9. The van der Waals surface area contributed by atoms with E-state index in [4.69, 9.17) is 56.8 Å². The van der Waals surface area contributed by atoms with Gasteiger partial charge >= 0.3 is 0 Å². The van der Waals surface area contributed by atoms with Crippen molar-refractivity contribution in [2.45, 2.75) is 25.7 Å². The smallest absolute Gasteiger partial charge is 0.264 e. The Balaban J connectivity index is 1.37. The molecule has 1 amide bonds. The number of carbonyl (C=O) groups is 1. The highest BCUT2D eigenvalue weighted by molar-refractivity contribution is 7.89. The van der Waals surface area contributed by atoms with Crippen molar-refractivity contribution in [2.24, 2.45) is 0 Å². The number of nitrogens with one attached hydrogen (secondary N) is 1. The Morgan fingerprint density at radius 1 is 0.403 bits per heavy atom. The van der Waals surface area contributed by atoms with E-state index < -0.39 is 15.9 Å². The van der Waals surface area contributed by atoms with Crippen molar-refractivity contribution < 1.29 is 70.1 Å². The molecular weight excluding hydrogens is 887 g/mol. The first-order chi connectivity index (χ1) is 32.8. The fraction of sp³-hybridized carbons (Fsp3) is 0.500. The lowest BCUT2D eigenvalue weighted by atomic mass is 9.91. The molecule has 7 rings (SSSR count). The molecule has 0 fully saturated rings. The maximum atomic E-state index is 13.7. The van der Waals surface area contributed by atoms with E-state index in [2.05, 4.69) is 35.1 Å². The maximum absolute atomic E-state index is 13.7. The van der Waals surface area contributed by atoms with Crippen molar-refractivity contribution in [1.82, 2.24) is 4.72 Å². The number of amides is 1. The zero-order chi connectivity index (χ0) is 46.5. The van der Waals surface area contributed by atoms with E-state index in [0.29, 0.717) is 160 Å². The van der Waals surface area contributed by atoms with Gasteiger partial charge in [0, 0.05) is 31.2 Å². The number of carbonyl (C=O) groups excluding carboxylic acids is 1. The minimum atomic E-state index is -3.89. The van der Waals surface area contributed by atoms with Crippen LogP contribution in [0.1, 0.15) is 54.9 Å². The quantitative estimate of drug-likeness (QED) is 0.257. The summed E-state index contributed by atoms with van der Waals surface area (Å²) in [6.07, 6.45) is 2.56. The summed E-state index contributed by atoms with van der Waals surface area (Å²) in [4.78, 5) is 13.7. The molecule has 2 aliphatic heterocycles. The summed E-state index contributed by atoms with van der Waals surface area (Å²) in [5.41, 5.74) is 7.11. The van der Waals surface area contributed by atoms with Gasteiger partial charge in [0.25, 0.3) is 5.91 Å². The van der Waals surface area contributed by atoms with Crippen LogP contribution in [-0.4, -0.2) is 153 Å². The maximum Gasteiger partial charge on any atom is 0.264 e. The topological polar surface area (TPSA) is 174 Å². The molecule has 4 aromatic carbocycles. The van der Waals surface area contributed by atoms with Gasteiger partial charge in [-0.3, -0.25) is 4.79 Å². The Morgan fingerprint density at radius 2 is 0.701 bits per heavy atom. The SMILES string of the molecule is CS(=O)(=O)NC(=O)c1cc2c3c(c1)Cc1cc4cc(c1)OCCOCCOCCOCCOCCOc1cc(cc(c1)C2)Cc1cccc(c1OCCOCCOCCOCCOCCO3)C4. The Labute approximate surface area is 393 Å². The number of fused-ring (bicyclic) bond motifs is 3. The van der Waals surface area contributed by atoms with E-state index in [1.807, 2.05) is 24.3 Å². The lowest BCUT2D eigenvalue weighted by Crippen LogP contribution is -2.29. The lowest BCUT2D eigenvalue weighted by molar-refractivity contribution is -0.00706. The van der Waals surface area contributed by atoms with Gasteiger partial charge in [0.1, 0.15) is 49.4 Å². The largest absolute Gasteiger partial charge is 0.491 e. The van der Waals surface area contributed by atoms with Gasteiger partial charge in [0.05, 0.1) is 112 Å². The summed E-state index contributed by atoms with van der Waals surface area (Å²) in [5, 5.41) is 0. The predicted octanol–water partition coefficient (Wildman–Crippen LogP) is 4.73. The van der Waals surface area contributed by atoms with Gasteiger partial charge in [-0.2, -0.15) is 0 Å². The van der Waals surface area contributed by atoms with Crippen LogP contribution < -0.4 is 23.7 Å². The third-order valence-electron chi connectivity index (χ3n) is 10.8. The first-order valence-electron chi connectivity index (χ1n) is 22.9. The third kappa shape index (κ3) is 17.0. The fourth-order valence-electron chi connectivity index (χ4n) is 7.94. The highest BCUT2D eigenvalue weighted by Gasteiger charge is 2.22. The van der Waals surface area contributed by atoms with Gasteiger partial charge in [0.15, 0.2) is 0 Å². The summed E-state index contributed by atoms with van der Waals surface area (Å²) in [5.74, 6) is 1.83. The minimum absolute atomic E-state index is 0.164. The molecule has 4 aromatic rings. The number of sulfonamides is 1. The van der Waals surface area contributed by atoms with E-state index in [-0.39, 0.29) is 32.0 Å². The van der Waals surface area contributed by atoms with Gasteiger partial charge in [-0.1, -0.05) is 30.3 Å². The van der Waals surface area contributed by atoms with Crippen molar-refractivity contribution in [3.05, 3.63) is 117 Å². The lowest BCUT2D eigenvalue weighted by Gasteiger charge is -2.21. The van der Waals surface area contributed by atoms with Crippen molar-refractivity contribution in [2.75, 3.05) is 138 Å². The summed E-state index contributed by atoms with van der Waals surface area (Å²) in [6.45, 7) is 7.30. The van der Waals surface area contributed by atoms with Gasteiger partial charge in [-0.05, 0) is 80.9 Å². The number of hydrogen-bond acceptors (Lipinski definition) is 15. The summed E-state index contributed by atoms with van der Waals surface area (Å²) in [7, 11) is -3.89. The molecule has 0 aromatic heterocycles. The monoisotopic (exact) mass is 949 g/mol. The number of benzene rings is 4. The van der Waals surface area contributed by atoms with Crippen LogP contribution >= 0.6 is 0 Å². The van der Waals surface area contributed by atoms with E-state index in [9.17, 15) is 13.2 Å². The van der Waals surface area contributed by atoms with Gasteiger partial charge < -0.3 is 56.8 Å². The van der Waals surface area contributed by atoms with Gasteiger partial charge in [0.2, 0.25) is 10.0 Å². The van der Waals surface area contributed by atoms with Crippen LogP contribution in [0, 0.1) is 0 Å². The Hall–Kier alpha value is -4.82. The number of para-hydroxylation sites is 1. The summed E-state index contributed by atoms with van der Waals surface area (Å²) < 4.78 is 99.3. The van der Waals surface area contributed by atoms with Crippen LogP contribution in [-0.2, 0) is 73.6 Å². The first kappa shape index (κ1) is 50.1. The van der Waals surface area contributed by atoms with Crippen LogP contribution in [0.3, 0.4) is 0 Å². The summed E-state index contributed by atoms with van der Waals surface area (Å²) >= 11 is 0. The van der Waals surface area contributed by atoms with E-state index in [1.54, 1.807) is 12.1 Å². The number of hydrogen-bond donors (Lipinski definition) is 1. The molecule has 2 heterocycles. The highest BCUT2D eigenvalue weighted by atomic mass is 32.2. The normalized spacial score (nSPS) is 18.5. The molecule has 364 valence electrons. The van der Waals surface area contributed by atoms with Crippen molar-refractivity contribution >= 4 is 15.9 Å². The molecule has 3 aliphatic rings. The molecule has 67 heavy (non-hydrogen) atoms. The van der Waals surface area contributed by atoms with Crippen molar-refractivity contribution in [3.8, 4) is 23.0 Å². The van der Waals surface area contributed by atoms with E-state index >= 15 is 0 Å². The van der Waals surface area contributed by atoms with Crippen LogP contribution in [0.15, 0.2) is 66.7 Å². The van der Waals surface area contributed by atoms with Crippen molar-refractivity contribution in [1.29, 1.82) is 0 Å². The zero-order valence-electron chi connectivity index (χ0n) is 38.4. The minimum Gasteiger partial charge on any atom is -0.491 e. The first-order valence-corrected chi connectivity index (χ1v) is 24.8. The van der Waals surface area contributed by atoms with Crippen LogP contribution in [0.2, 0.25) is 0 Å². The molecule has 0 atom stereocenters. The Bertz CT molecular complexity index is 2190. The molecule has 1 aliphatic carbocycles. The third-order valence-corrected chi connectivity index (χ3v) is 11.3. The van der Waals surface area contributed by atoms with Gasteiger partial charge in [-0.25, -0.2) is 13.1 Å². The Morgan fingerprint density at radius 3 is 1.04 bits per heavy atom. The van der Waals surface area contributed by atoms with Gasteiger partial charge in [-0.15, -0.1) is 0 Å².